The van der Waals surface area contributed by atoms with Crippen LogP contribution >= 0.6 is 0 Å². The van der Waals surface area contributed by atoms with E-state index in [1.54, 1.807) is 31.2 Å². The highest BCUT2D eigenvalue weighted by molar-refractivity contribution is 6.06. The van der Waals surface area contributed by atoms with Crippen molar-refractivity contribution in [2.45, 2.75) is 19.6 Å². The first-order valence-corrected chi connectivity index (χ1v) is 11.0. The fourth-order valence-corrected chi connectivity index (χ4v) is 3.86. The summed E-state index contributed by atoms with van der Waals surface area (Å²) in [5.41, 5.74) is 2.27. The van der Waals surface area contributed by atoms with Gasteiger partial charge in [-0.25, -0.2) is 4.79 Å². The monoisotopic (exact) mass is 488 g/mol. The van der Waals surface area contributed by atoms with Crippen LogP contribution in [0.4, 0.5) is 16.2 Å². The fourth-order valence-electron chi connectivity index (χ4n) is 3.86. The van der Waals surface area contributed by atoms with E-state index >= 15 is 0 Å². The molecule has 0 aliphatic carbocycles. The number of nitrogens with one attached hydrogen (secondary N) is 3. The summed E-state index contributed by atoms with van der Waals surface area (Å²) >= 11 is 0. The van der Waals surface area contributed by atoms with Crippen molar-refractivity contribution in [3.8, 4) is 11.5 Å². The summed E-state index contributed by atoms with van der Waals surface area (Å²) in [6.45, 7) is 1.92. The molecule has 10 heteroatoms. The molecule has 3 aromatic carbocycles. The van der Waals surface area contributed by atoms with E-state index in [0.717, 1.165) is 5.56 Å². The average Bonchev–Trinajstić information content (AvgIpc) is 2.87. The number of benzene rings is 3. The number of nitrogens with zero attached hydrogens (tertiary/aromatic N) is 1. The van der Waals surface area contributed by atoms with Gasteiger partial charge in [0.1, 0.15) is 6.61 Å². The predicted molar refractivity (Wildman–Crippen MR) is 133 cm³/mol. The van der Waals surface area contributed by atoms with Crippen LogP contribution in [0, 0.1) is 10.1 Å². The maximum absolute atomic E-state index is 13.3. The van der Waals surface area contributed by atoms with Crippen LogP contribution in [0.15, 0.2) is 84.1 Å². The fraction of sp³-hybridized carbons (Fsp3) is 0.154. The number of hydrogen-bond donors (Lipinski definition) is 3. The molecule has 0 spiro atoms. The van der Waals surface area contributed by atoms with Gasteiger partial charge in [-0.2, -0.15) is 0 Å². The zero-order valence-electron chi connectivity index (χ0n) is 19.6. The number of allylic oxidation sites excluding steroid dienone is 1. The number of anilines is 1. The van der Waals surface area contributed by atoms with Crippen LogP contribution in [0.5, 0.6) is 11.5 Å². The van der Waals surface area contributed by atoms with E-state index in [1.807, 2.05) is 30.3 Å². The molecule has 3 aromatic rings. The largest absolute Gasteiger partial charge is 0.493 e. The molecular weight excluding hydrogens is 464 g/mol. The maximum atomic E-state index is 13.3. The SMILES string of the molecule is COc1ccc([C@@H]2NC(=O)NC(C)=C2C(=O)Nc2cccc([N+](=O)[O-])c2)cc1OCc1ccccc1. The van der Waals surface area contributed by atoms with Gasteiger partial charge in [0.2, 0.25) is 0 Å². The summed E-state index contributed by atoms with van der Waals surface area (Å²) in [7, 11) is 1.53. The molecule has 4 rings (SSSR count). The van der Waals surface area contributed by atoms with E-state index in [4.69, 9.17) is 9.47 Å². The highest BCUT2D eigenvalue weighted by Crippen LogP contribution is 2.35. The Morgan fingerprint density at radius 2 is 1.83 bits per heavy atom. The van der Waals surface area contributed by atoms with E-state index < -0.39 is 22.9 Å². The van der Waals surface area contributed by atoms with Crippen LogP contribution in [-0.2, 0) is 11.4 Å². The lowest BCUT2D eigenvalue weighted by Crippen LogP contribution is -2.46. The molecule has 0 fully saturated rings. The second kappa shape index (κ2) is 10.6. The third-order valence-electron chi connectivity index (χ3n) is 5.59. The number of non-ortho nitro benzene ring substituents is 1. The van der Waals surface area contributed by atoms with Gasteiger partial charge in [0.05, 0.1) is 23.6 Å². The first-order valence-electron chi connectivity index (χ1n) is 11.0. The first kappa shape index (κ1) is 24.3. The van der Waals surface area contributed by atoms with Crippen LogP contribution in [0.1, 0.15) is 24.1 Å². The number of nitro benzene ring substituents is 1. The van der Waals surface area contributed by atoms with Crippen molar-refractivity contribution in [3.63, 3.8) is 0 Å². The Morgan fingerprint density at radius 3 is 2.56 bits per heavy atom. The number of rotatable bonds is 8. The van der Waals surface area contributed by atoms with E-state index in [2.05, 4.69) is 16.0 Å². The van der Waals surface area contributed by atoms with Crippen molar-refractivity contribution in [2.75, 3.05) is 12.4 Å². The minimum atomic E-state index is -0.803. The molecule has 3 N–H and O–H groups in total. The summed E-state index contributed by atoms with van der Waals surface area (Å²) in [5, 5.41) is 19.2. The maximum Gasteiger partial charge on any atom is 0.319 e. The molecule has 1 atom stereocenters. The quantitative estimate of drug-likeness (QED) is 0.317. The van der Waals surface area contributed by atoms with Crippen molar-refractivity contribution in [1.82, 2.24) is 10.6 Å². The van der Waals surface area contributed by atoms with E-state index in [-0.39, 0.29) is 16.9 Å². The van der Waals surface area contributed by atoms with Gasteiger partial charge in [-0.3, -0.25) is 14.9 Å². The van der Waals surface area contributed by atoms with Crippen LogP contribution in [0.25, 0.3) is 0 Å². The molecule has 36 heavy (non-hydrogen) atoms. The van der Waals surface area contributed by atoms with Gasteiger partial charge in [-0.15, -0.1) is 0 Å². The van der Waals surface area contributed by atoms with Crippen molar-refractivity contribution in [1.29, 1.82) is 0 Å². The third-order valence-corrected chi connectivity index (χ3v) is 5.59. The number of ether oxygens (including phenoxy) is 2. The molecule has 10 nitrogen and oxygen atoms in total. The standard InChI is InChI=1S/C26H24N4O6/c1-16-23(25(31)28-19-9-6-10-20(14-19)30(33)34)24(29-26(32)27-16)18-11-12-21(35-2)22(13-18)36-15-17-7-4-3-5-8-17/h3-14,24H,15H2,1-2H3,(H,28,31)(H2,27,29,32)/t24-/m0/s1. The average molecular weight is 489 g/mol. The smallest absolute Gasteiger partial charge is 0.319 e. The predicted octanol–water partition coefficient (Wildman–Crippen LogP) is 4.45. The topological polar surface area (TPSA) is 132 Å². The summed E-state index contributed by atoms with van der Waals surface area (Å²) in [4.78, 5) is 36.1. The lowest BCUT2D eigenvalue weighted by Gasteiger charge is -2.29. The highest BCUT2D eigenvalue weighted by Gasteiger charge is 2.32. The molecule has 3 amide bonds. The number of methoxy groups -OCH3 is 1. The van der Waals surface area contributed by atoms with Crippen molar-refractivity contribution in [3.05, 3.63) is 105 Å². The molecular formula is C26H24N4O6. The second-order valence-corrected chi connectivity index (χ2v) is 8.02. The number of nitro groups is 1. The summed E-state index contributed by atoms with van der Waals surface area (Å²) in [5.74, 6) is 0.425. The molecule has 1 heterocycles. The Hall–Kier alpha value is -4.86. The Labute approximate surface area is 207 Å². The molecule has 0 saturated heterocycles. The van der Waals surface area contributed by atoms with Gasteiger partial charge >= 0.3 is 6.03 Å². The highest BCUT2D eigenvalue weighted by atomic mass is 16.6. The number of carbonyl (C=O) groups excluding carboxylic acids is 2. The van der Waals surface area contributed by atoms with Crippen LogP contribution in [0.3, 0.4) is 0 Å². The summed E-state index contributed by atoms with van der Waals surface area (Å²) in [6, 6.07) is 19.1. The number of amides is 3. The lowest BCUT2D eigenvalue weighted by atomic mass is 9.94. The van der Waals surface area contributed by atoms with Gasteiger partial charge in [0.25, 0.3) is 11.6 Å². The Bertz CT molecular complexity index is 1340. The van der Waals surface area contributed by atoms with Crippen molar-refractivity contribution >= 4 is 23.3 Å². The summed E-state index contributed by atoms with van der Waals surface area (Å²) in [6.07, 6.45) is 0. The Kier molecular flexibility index (Phi) is 7.15. The van der Waals surface area contributed by atoms with E-state index in [1.165, 1.54) is 25.3 Å². The lowest BCUT2D eigenvalue weighted by molar-refractivity contribution is -0.384. The molecule has 0 radical (unpaired) electrons. The van der Waals surface area contributed by atoms with Crippen LogP contribution in [-0.4, -0.2) is 24.0 Å². The Balaban J connectivity index is 1.63. The first-order chi connectivity index (χ1) is 17.4. The zero-order chi connectivity index (χ0) is 25.7. The molecule has 1 aliphatic heterocycles. The van der Waals surface area contributed by atoms with Crippen molar-refractivity contribution < 1.29 is 24.0 Å². The van der Waals surface area contributed by atoms with Gasteiger partial charge in [-0.05, 0) is 36.2 Å². The number of urea groups is 1. The molecule has 0 bridgehead atoms. The van der Waals surface area contributed by atoms with E-state index in [9.17, 15) is 19.7 Å². The molecule has 0 saturated carbocycles. The van der Waals surface area contributed by atoms with Gasteiger partial charge in [0, 0.05) is 23.5 Å². The number of carbonyl (C=O) groups is 2. The minimum absolute atomic E-state index is 0.152. The van der Waals surface area contributed by atoms with Crippen molar-refractivity contribution in [2.24, 2.45) is 0 Å². The molecule has 184 valence electrons. The molecule has 0 unspecified atom stereocenters. The summed E-state index contributed by atoms with van der Waals surface area (Å²) < 4.78 is 11.4. The molecule has 0 aromatic heterocycles. The van der Waals surface area contributed by atoms with Crippen LogP contribution in [0.2, 0.25) is 0 Å². The van der Waals surface area contributed by atoms with Crippen LogP contribution < -0.4 is 25.4 Å². The second-order valence-electron chi connectivity index (χ2n) is 8.02. The molecule has 1 aliphatic rings. The van der Waals surface area contributed by atoms with Gasteiger partial charge < -0.3 is 25.4 Å². The zero-order valence-corrected chi connectivity index (χ0v) is 19.6. The van der Waals surface area contributed by atoms with Gasteiger partial charge in [0.15, 0.2) is 11.5 Å². The third kappa shape index (κ3) is 5.44. The Morgan fingerprint density at radius 1 is 1.06 bits per heavy atom. The minimum Gasteiger partial charge on any atom is -0.493 e. The number of hydrogen-bond acceptors (Lipinski definition) is 6. The van der Waals surface area contributed by atoms with Gasteiger partial charge in [-0.1, -0.05) is 42.5 Å². The normalized spacial score (nSPS) is 14.9. The van der Waals surface area contributed by atoms with E-state index in [0.29, 0.717) is 29.4 Å².